The Kier molecular flexibility index (Phi) is 5.74. The number of hydrogen-bond acceptors (Lipinski definition) is 5. The average Bonchev–Trinajstić information content (AvgIpc) is 2.33. The van der Waals surface area contributed by atoms with Gasteiger partial charge in [0.2, 0.25) is 10.0 Å². The molecule has 0 heterocycles. The molecule has 0 saturated heterocycles. The van der Waals surface area contributed by atoms with Crippen molar-refractivity contribution in [3.63, 3.8) is 0 Å². The van der Waals surface area contributed by atoms with Gasteiger partial charge < -0.3 is 5.11 Å². The van der Waals surface area contributed by atoms with Gasteiger partial charge in [0.05, 0.1) is 16.3 Å². The van der Waals surface area contributed by atoms with E-state index >= 15 is 0 Å². The molecule has 0 unspecified atom stereocenters. The molecule has 0 aliphatic heterocycles. The molecule has 0 aromatic heterocycles. The van der Waals surface area contributed by atoms with Gasteiger partial charge in [-0.15, -0.1) is 0 Å². The molecular weight excluding hydrogens is 342 g/mol. The van der Waals surface area contributed by atoms with E-state index in [1.807, 2.05) is 0 Å². The van der Waals surface area contributed by atoms with Crippen LogP contribution in [0, 0.1) is 0 Å². The summed E-state index contributed by atoms with van der Waals surface area (Å²) in [4.78, 5) is 10.5. The van der Waals surface area contributed by atoms with Crippen molar-refractivity contribution >= 4 is 37.4 Å². The van der Waals surface area contributed by atoms with Crippen LogP contribution in [0.4, 0.5) is 0 Å². The van der Waals surface area contributed by atoms with Gasteiger partial charge in [-0.3, -0.25) is 0 Å². The summed E-state index contributed by atoms with van der Waals surface area (Å²) in [6.07, 6.45) is 1.16. The molecule has 118 valence electrons. The summed E-state index contributed by atoms with van der Waals surface area (Å²) in [6, 6.07) is 3.31. The smallest absolute Gasteiger partial charge is 0.335 e. The molecule has 0 amide bonds. The van der Waals surface area contributed by atoms with Crippen LogP contribution in [0.2, 0.25) is 5.02 Å². The highest BCUT2D eigenvalue weighted by atomic mass is 35.5. The van der Waals surface area contributed by atoms with Gasteiger partial charge in [-0.25, -0.2) is 26.4 Å². The predicted octanol–water partition coefficient (Wildman–Crippen LogP) is 0.751. The molecule has 0 saturated carbocycles. The lowest BCUT2D eigenvalue weighted by Crippen LogP contribution is -2.26. The molecule has 0 radical (unpaired) electrons. The second-order valence-corrected chi connectivity index (χ2v) is 8.73. The number of halogens is 1. The van der Waals surface area contributed by atoms with Crippen LogP contribution >= 0.6 is 11.6 Å². The normalized spacial score (nSPS) is 12.3. The van der Waals surface area contributed by atoms with Crippen LogP contribution in [-0.2, 0) is 19.9 Å². The fourth-order valence-electron chi connectivity index (χ4n) is 1.46. The van der Waals surface area contributed by atoms with Gasteiger partial charge in [-0.1, -0.05) is 11.6 Å². The maximum Gasteiger partial charge on any atom is 0.335 e. The van der Waals surface area contributed by atoms with E-state index in [4.69, 9.17) is 16.7 Å². The first-order valence-electron chi connectivity index (χ1n) is 5.73. The van der Waals surface area contributed by atoms with Gasteiger partial charge in [-0.05, 0) is 24.6 Å². The lowest BCUT2D eigenvalue weighted by molar-refractivity contribution is 0.0696. The van der Waals surface area contributed by atoms with Gasteiger partial charge in [0.1, 0.15) is 14.7 Å². The van der Waals surface area contributed by atoms with E-state index in [9.17, 15) is 21.6 Å². The van der Waals surface area contributed by atoms with Gasteiger partial charge in [0.15, 0.2) is 0 Å². The van der Waals surface area contributed by atoms with Crippen molar-refractivity contribution in [2.75, 3.05) is 18.6 Å². The zero-order valence-electron chi connectivity index (χ0n) is 11.0. The topological polar surface area (TPSA) is 118 Å². The lowest BCUT2D eigenvalue weighted by atomic mass is 10.2. The lowest BCUT2D eigenvalue weighted by Gasteiger charge is -2.09. The summed E-state index contributed by atoms with van der Waals surface area (Å²) in [5, 5.41) is 8.73. The zero-order chi connectivity index (χ0) is 16.3. The summed E-state index contributed by atoms with van der Waals surface area (Å²) in [7, 11) is -7.18. The molecule has 0 fully saturated rings. The monoisotopic (exact) mass is 355 g/mol. The summed E-state index contributed by atoms with van der Waals surface area (Å²) in [5.41, 5.74) is -0.212. The number of carbonyl (C=O) groups is 1. The number of carboxylic acid groups (broad SMARTS) is 1. The van der Waals surface area contributed by atoms with E-state index in [2.05, 4.69) is 4.72 Å². The van der Waals surface area contributed by atoms with Crippen LogP contribution in [0.5, 0.6) is 0 Å². The van der Waals surface area contributed by atoms with Gasteiger partial charge in [-0.2, -0.15) is 0 Å². The Morgan fingerprint density at radius 1 is 1.29 bits per heavy atom. The highest BCUT2D eigenvalue weighted by Gasteiger charge is 2.19. The van der Waals surface area contributed by atoms with Crippen LogP contribution in [0.3, 0.4) is 0 Å². The molecule has 0 atom stereocenters. The second-order valence-electron chi connectivity index (χ2n) is 4.33. The fourth-order valence-corrected chi connectivity index (χ4v) is 3.73. The van der Waals surface area contributed by atoms with Crippen molar-refractivity contribution in [1.82, 2.24) is 4.72 Å². The van der Waals surface area contributed by atoms with Crippen LogP contribution in [0.15, 0.2) is 23.1 Å². The van der Waals surface area contributed by atoms with Crippen molar-refractivity contribution < 1.29 is 26.7 Å². The molecule has 0 spiro atoms. The highest BCUT2D eigenvalue weighted by molar-refractivity contribution is 7.90. The largest absolute Gasteiger partial charge is 0.478 e. The van der Waals surface area contributed by atoms with Crippen LogP contribution < -0.4 is 4.72 Å². The van der Waals surface area contributed by atoms with Gasteiger partial charge in [0, 0.05) is 12.8 Å². The first-order chi connectivity index (χ1) is 9.53. The van der Waals surface area contributed by atoms with Crippen LogP contribution in [0.25, 0.3) is 0 Å². The zero-order valence-corrected chi connectivity index (χ0v) is 13.4. The Balaban J connectivity index is 2.88. The van der Waals surface area contributed by atoms with E-state index in [0.29, 0.717) is 0 Å². The predicted molar refractivity (Wildman–Crippen MR) is 77.9 cm³/mol. The first-order valence-corrected chi connectivity index (χ1v) is 9.65. The Morgan fingerprint density at radius 3 is 2.43 bits per heavy atom. The second kappa shape index (κ2) is 6.73. The van der Waals surface area contributed by atoms with E-state index in [0.717, 1.165) is 12.3 Å². The number of aromatic carboxylic acids is 1. The van der Waals surface area contributed by atoms with E-state index in [-0.39, 0.29) is 34.2 Å². The molecule has 10 heteroatoms. The number of benzene rings is 1. The minimum absolute atomic E-state index is 0.0942. The SMILES string of the molecule is CS(=O)(=O)CCCNS(=O)(=O)c1cc(C(=O)O)ccc1Cl. The third-order valence-electron chi connectivity index (χ3n) is 2.45. The van der Waals surface area contributed by atoms with Crippen molar-refractivity contribution in [3.05, 3.63) is 28.8 Å². The van der Waals surface area contributed by atoms with E-state index in [1.165, 1.54) is 12.1 Å². The summed E-state index contributed by atoms with van der Waals surface area (Å²) in [6.45, 7) is -0.0942. The van der Waals surface area contributed by atoms with Crippen molar-refractivity contribution in [1.29, 1.82) is 0 Å². The van der Waals surface area contributed by atoms with Crippen molar-refractivity contribution in [3.8, 4) is 0 Å². The van der Waals surface area contributed by atoms with Crippen LogP contribution in [-0.4, -0.2) is 46.5 Å². The Bertz CT molecular complexity index is 742. The Labute approximate surface area is 127 Å². The number of carboxylic acids is 1. The van der Waals surface area contributed by atoms with E-state index in [1.54, 1.807) is 0 Å². The molecular formula is C11H14ClNO6S2. The number of rotatable bonds is 7. The van der Waals surface area contributed by atoms with Crippen molar-refractivity contribution in [2.24, 2.45) is 0 Å². The molecule has 0 bridgehead atoms. The minimum atomic E-state index is -4.00. The van der Waals surface area contributed by atoms with Crippen LogP contribution in [0.1, 0.15) is 16.8 Å². The molecule has 2 N–H and O–H groups in total. The number of nitrogens with one attached hydrogen (secondary N) is 1. The third kappa shape index (κ3) is 5.62. The van der Waals surface area contributed by atoms with E-state index < -0.39 is 25.8 Å². The minimum Gasteiger partial charge on any atom is -0.478 e. The molecule has 0 aliphatic rings. The average molecular weight is 356 g/mol. The maximum atomic E-state index is 12.0. The number of sulfonamides is 1. The van der Waals surface area contributed by atoms with Crippen molar-refractivity contribution in [2.45, 2.75) is 11.3 Å². The Morgan fingerprint density at radius 2 is 1.90 bits per heavy atom. The molecule has 0 aliphatic carbocycles. The third-order valence-corrected chi connectivity index (χ3v) is 5.42. The molecule has 21 heavy (non-hydrogen) atoms. The summed E-state index contributed by atoms with van der Waals surface area (Å²) < 4.78 is 48.1. The van der Waals surface area contributed by atoms with Gasteiger partial charge >= 0.3 is 5.97 Å². The highest BCUT2D eigenvalue weighted by Crippen LogP contribution is 2.22. The standard InChI is InChI=1S/C11H14ClNO6S2/c1-20(16,17)6-2-5-13-21(18,19)10-7-8(11(14)15)3-4-9(10)12/h3-4,7,13H,2,5-6H2,1H3,(H,14,15). The molecule has 1 aromatic rings. The molecule has 7 nitrogen and oxygen atoms in total. The molecule has 1 aromatic carbocycles. The molecule has 1 rings (SSSR count). The summed E-state index contributed by atoms with van der Waals surface area (Å²) >= 11 is 5.76. The first kappa shape index (κ1) is 17.9. The van der Waals surface area contributed by atoms with Gasteiger partial charge in [0.25, 0.3) is 0 Å². The number of hydrogen-bond donors (Lipinski definition) is 2. The maximum absolute atomic E-state index is 12.0. The summed E-state index contributed by atoms with van der Waals surface area (Å²) in [5.74, 6) is -1.43. The fraction of sp³-hybridized carbons (Fsp3) is 0.364. The quantitative estimate of drug-likeness (QED) is 0.697. The Hall–Kier alpha value is -1.16. The number of sulfone groups is 1.